The van der Waals surface area contributed by atoms with Gasteiger partial charge in [0.15, 0.2) is 23.3 Å². The molecule has 3 N–H and O–H groups in total. The van der Waals surface area contributed by atoms with E-state index in [-0.39, 0.29) is 11.4 Å². The third-order valence-electron chi connectivity index (χ3n) is 4.56. The number of aromatic nitrogens is 1. The van der Waals surface area contributed by atoms with Crippen LogP contribution in [0.4, 0.5) is 22.0 Å². The lowest BCUT2D eigenvalue weighted by Crippen LogP contribution is -2.13. The highest BCUT2D eigenvalue weighted by Gasteiger charge is 2.27. The van der Waals surface area contributed by atoms with Crippen LogP contribution < -0.4 is 5.73 Å². The van der Waals surface area contributed by atoms with Crippen molar-refractivity contribution < 1.29 is 22.0 Å². The highest BCUT2D eigenvalue weighted by molar-refractivity contribution is 7.15. The van der Waals surface area contributed by atoms with Gasteiger partial charge < -0.3 is 5.73 Å². The van der Waals surface area contributed by atoms with Crippen LogP contribution in [0.3, 0.4) is 0 Å². The summed E-state index contributed by atoms with van der Waals surface area (Å²) in [6.07, 6.45) is 5.58. The standard InChI is InChI=1S/C22H18F5N3S/c1-2-3-4-12-6-8-16(31-12)11-5-7-15(30-10-11)13(28)9-14(29)17-18(23)20(25)22(27)21(26)19(17)24/h5-10,29H,2-4,28H2,1H3/b13-9-,29-14?. The number of benzene rings is 1. The second kappa shape index (κ2) is 9.38. The smallest absolute Gasteiger partial charge is 0.200 e. The van der Waals surface area contributed by atoms with E-state index in [1.54, 1.807) is 29.7 Å². The van der Waals surface area contributed by atoms with Crippen LogP contribution in [0.2, 0.25) is 0 Å². The molecule has 31 heavy (non-hydrogen) atoms. The van der Waals surface area contributed by atoms with Gasteiger partial charge in [0, 0.05) is 21.5 Å². The van der Waals surface area contributed by atoms with Crippen LogP contribution >= 0.6 is 11.3 Å². The Morgan fingerprint density at radius 1 is 1.00 bits per heavy atom. The van der Waals surface area contributed by atoms with E-state index in [2.05, 4.69) is 18.0 Å². The van der Waals surface area contributed by atoms with Gasteiger partial charge in [-0.2, -0.15) is 0 Å². The van der Waals surface area contributed by atoms with Crippen molar-refractivity contribution in [3.8, 4) is 10.4 Å². The van der Waals surface area contributed by atoms with E-state index >= 15 is 0 Å². The fourth-order valence-corrected chi connectivity index (χ4v) is 3.91. The lowest BCUT2D eigenvalue weighted by molar-refractivity contribution is 0.377. The molecule has 0 aliphatic carbocycles. The highest BCUT2D eigenvalue weighted by Crippen LogP contribution is 2.29. The molecule has 3 aromatic rings. The number of allylic oxidation sites excluding steroid dienone is 1. The summed E-state index contributed by atoms with van der Waals surface area (Å²) in [4.78, 5) is 6.46. The lowest BCUT2D eigenvalue weighted by Gasteiger charge is -2.08. The first kappa shape index (κ1) is 22.6. The third kappa shape index (κ3) is 4.66. The highest BCUT2D eigenvalue weighted by atomic mass is 32.1. The first-order chi connectivity index (χ1) is 14.7. The molecule has 0 aliphatic rings. The van der Waals surface area contributed by atoms with E-state index in [9.17, 15) is 22.0 Å². The monoisotopic (exact) mass is 451 g/mol. The molecule has 0 saturated heterocycles. The summed E-state index contributed by atoms with van der Waals surface area (Å²) >= 11 is 1.65. The van der Waals surface area contributed by atoms with Gasteiger partial charge >= 0.3 is 0 Å². The number of thiophene rings is 1. The predicted octanol–water partition coefficient (Wildman–Crippen LogP) is 6.22. The fraction of sp³-hybridized carbons (Fsp3) is 0.182. The van der Waals surface area contributed by atoms with E-state index in [0.717, 1.165) is 35.8 Å². The summed E-state index contributed by atoms with van der Waals surface area (Å²) in [5, 5.41) is 7.77. The van der Waals surface area contributed by atoms with Crippen LogP contribution in [0, 0.1) is 34.5 Å². The molecule has 0 fully saturated rings. The van der Waals surface area contributed by atoms with Crippen LogP contribution in [-0.2, 0) is 6.42 Å². The molecule has 0 amide bonds. The molecule has 0 spiro atoms. The molecule has 0 radical (unpaired) electrons. The number of hydrogen-bond acceptors (Lipinski definition) is 4. The largest absolute Gasteiger partial charge is 0.397 e. The van der Waals surface area contributed by atoms with E-state index < -0.39 is 40.4 Å². The summed E-state index contributed by atoms with van der Waals surface area (Å²) in [5.74, 6) is -10.7. The number of rotatable bonds is 7. The molecule has 0 aliphatic heterocycles. The van der Waals surface area contributed by atoms with Crippen LogP contribution in [0.1, 0.15) is 35.9 Å². The number of halogens is 5. The van der Waals surface area contributed by atoms with Crippen molar-refractivity contribution in [1.82, 2.24) is 4.98 Å². The van der Waals surface area contributed by atoms with Crippen molar-refractivity contribution in [2.45, 2.75) is 26.2 Å². The van der Waals surface area contributed by atoms with Crippen LogP contribution in [0.15, 0.2) is 36.5 Å². The first-order valence-corrected chi connectivity index (χ1v) is 10.2. The number of nitrogens with zero attached hydrogens (tertiary/aromatic N) is 1. The van der Waals surface area contributed by atoms with Crippen LogP contribution in [0.5, 0.6) is 0 Å². The van der Waals surface area contributed by atoms with E-state index in [1.807, 2.05) is 6.07 Å². The molecule has 2 aromatic heterocycles. The number of pyridine rings is 1. The number of aryl methyl sites for hydroxylation is 1. The molecule has 0 unspecified atom stereocenters. The van der Waals surface area contributed by atoms with Crippen LogP contribution in [-0.4, -0.2) is 10.7 Å². The molecule has 0 saturated carbocycles. The Kier molecular flexibility index (Phi) is 6.84. The molecule has 0 bridgehead atoms. The number of hydrogen-bond donors (Lipinski definition) is 2. The number of nitrogens with one attached hydrogen (secondary N) is 1. The Balaban J connectivity index is 1.84. The first-order valence-electron chi connectivity index (χ1n) is 9.37. The Bertz CT molecular complexity index is 1120. The lowest BCUT2D eigenvalue weighted by atomic mass is 10.1. The Hall–Kier alpha value is -3.07. The average molecular weight is 451 g/mol. The van der Waals surface area contributed by atoms with Gasteiger partial charge in [-0.05, 0) is 43.2 Å². The van der Waals surface area contributed by atoms with E-state index in [1.165, 1.54) is 4.88 Å². The van der Waals surface area contributed by atoms with Gasteiger partial charge in [0.05, 0.1) is 22.7 Å². The van der Waals surface area contributed by atoms with Gasteiger partial charge in [0.2, 0.25) is 5.82 Å². The number of unbranched alkanes of at least 4 members (excludes halogenated alkanes) is 1. The van der Waals surface area contributed by atoms with E-state index in [4.69, 9.17) is 11.1 Å². The predicted molar refractivity (Wildman–Crippen MR) is 111 cm³/mol. The van der Waals surface area contributed by atoms with Gasteiger partial charge in [-0.1, -0.05) is 13.3 Å². The second-order valence-electron chi connectivity index (χ2n) is 6.76. The third-order valence-corrected chi connectivity index (χ3v) is 5.76. The maximum Gasteiger partial charge on any atom is 0.200 e. The van der Waals surface area contributed by atoms with Gasteiger partial charge in [-0.3, -0.25) is 10.4 Å². The quantitative estimate of drug-likeness (QED) is 0.194. The molecule has 3 rings (SSSR count). The summed E-state index contributed by atoms with van der Waals surface area (Å²) < 4.78 is 67.7. The maximum atomic E-state index is 13.9. The van der Waals surface area contributed by atoms with Crippen molar-refractivity contribution in [1.29, 1.82) is 5.41 Å². The van der Waals surface area contributed by atoms with Crippen molar-refractivity contribution in [3.63, 3.8) is 0 Å². The zero-order valence-electron chi connectivity index (χ0n) is 16.4. The zero-order chi connectivity index (χ0) is 22.7. The molecule has 3 nitrogen and oxygen atoms in total. The van der Waals surface area contributed by atoms with E-state index in [0.29, 0.717) is 0 Å². The van der Waals surface area contributed by atoms with Crippen LogP contribution in [0.25, 0.3) is 16.1 Å². The van der Waals surface area contributed by atoms with Gasteiger partial charge in [0.1, 0.15) is 0 Å². The fourth-order valence-electron chi connectivity index (χ4n) is 2.87. The number of nitrogens with two attached hydrogens (primary N) is 1. The summed E-state index contributed by atoms with van der Waals surface area (Å²) in [6.45, 7) is 2.13. The minimum Gasteiger partial charge on any atom is -0.397 e. The molecule has 1 aromatic carbocycles. The molecular weight excluding hydrogens is 433 g/mol. The van der Waals surface area contributed by atoms with Crippen molar-refractivity contribution in [2.75, 3.05) is 0 Å². The molecule has 0 atom stereocenters. The molecular formula is C22H18F5N3S. The second-order valence-corrected chi connectivity index (χ2v) is 7.93. The summed E-state index contributed by atoms with van der Waals surface area (Å²) in [7, 11) is 0. The van der Waals surface area contributed by atoms with Crippen molar-refractivity contribution in [3.05, 3.63) is 81.8 Å². The van der Waals surface area contributed by atoms with Gasteiger partial charge in [-0.15, -0.1) is 11.3 Å². The SMILES string of the molecule is CCCCc1ccc(-c2ccc(/C(N)=C/C(=N)c3c(F)c(F)c(F)c(F)c3F)nc2)s1. The van der Waals surface area contributed by atoms with Crippen molar-refractivity contribution in [2.24, 2.45) is 5.73 Å². The molecule has 162 valence electrons. The normalized spacial score (nSPS) is 11.7. The Morgan fingerprint density at radius 3 is 2.23 bits per heavy atom. The minimum atomic E-state index is -2.29. The average Bonchev–Trinajstić information content (AvgIpc) is 3.24. The summed E-state index contributed by atoms with van der Waals surface area (Å²) in [5.41, 5.74) is 4.41. The van der Waals surface area contributed by atoms with Gasteiger partial charge in [-0.25, -0.2) is 22.0 Å². The topological polar surface area (TPSA) is 62.8 Å². The zero-order valence-corrected chi connectivity index (χ0v) is 17.2. The summed E-state index contributed by atoms with van der Waals surface area (Å²) in [6, 6.07) is 7.35. The minimum absolute atomic E-state index is 0.157. The molecule has 9 heteroatoms. The Labute approximate surface area is 179 Å². The maximum absolute atomic E-state index is 13.9. The van der Waals surface area contributed by atoms with Gasteiger partial charge in [0.25, 0.3) is 0 Å². The Morgan fingerprint density at radius 2 is 1.65 bits per heavy atom. The van der Waals surface area contributed by atoms with Crippen molar-refractivity contribution >= 4 is 22.7 Å². The molecule has 2 heterocycles.